The van der Waals surface area contributed by atoms with Gasteiger partial charge in [0.25, 0.3) is 0 Å². The molecule has 10 nitrogen and oxygen atoms in total. The largest absolute Gasteiger partial charge is 0.462 e. The summed E-state index contributed by atoms with van der Waals surface area (Å²) in [5.74, 6) is -0.829. The van der Waals surface area contributed by atoms with E-state index in [9.17, 15) is 30.0 Å². The van der Waals surface area contributed by atoms with Crippen molar-refractivity contribution in [1.82, 2.24) is 0 Å². The second-order valence-electron chi connectivity index (χ2n) is 13.7. The van der Waals surface area contributed by atoms with Crippen LogP contribution in [0.1, 0.15) is 162 Å². The Morgan fingerprint density at radius 3 is 1.62 bits per heavy atom. The monoisotopic (exact) mass is 713 g/mol. The number of hydrogen-bond donors (Lipinski definition) is 4. The van der Waals surface area contributed by atoms with Gasteiger partial charge in [-0.15, -0.1) is 0 Å². The molecule has 1 rings (SSSR count). The minimum Gasteiger partial charge on any atom is -0.462 e. The van der Waals surface area contributed by atoms with Crippen LogP contribution in [0.2, 0.25) is 0 Å². The maximum absolute atomic E-state index is 12.7. The minimum absolute atomic E-state index is 0.219. The number of hydrogen-bond acceptors (Lipinski definition) is 10. The van der Waals surface area contributed by atoms with Gasteiger partial charge >= 0.3 is 11.9 Å². The normalized spacial score (nSPS) is 21.6. The summed E-state index contributed by atoms with van der Waals surface area (Å²) < 4.78 is 22.0. The zero-order valence-electron chi connectivity index (χ0n) is 31.4. The summed E-state index contributed by atoms with van der Waals surface area (Å²) >= 11 is 0. The van der Waals surface area contributed by atoms with E-state index in [2.05, 4.69) is 38.2 Å². The van der Waals surface area contributed by atoms with Crippen molar-refractivity contribution in [1.29, 1.82) is 0 Å². The van der Waals surface area contributed by atoms with Gasteiger partial charge in [0.2, 0.25) is 0 Å². The van der Waals surface area contributed by atoms with Gasteiger partial charge in [0, 0.05) is 12.8 Å². The van der Waals surface area contributed by atoms with Crippen LogP contribution in [0.25, 0.3) is 0 Å². The van der Waals surface area contributed by atoms with Crippen LogP contribution in [-0.4, -0.2) is 89.0 Å². The molecule has 0 aromatic carbocycles. The molecular formula is C40H72O10. The first kappa shape index (κ1) is 46.2. The maximum Gasteiger partial charge on any atom is 0.306 e. The Kier molecular flexibility index (Phi) is 29.5. The molecule has 6 atom stereocenters. The molecular weight excluding hydrogens is 640 g/mol. The summed E-state index contributed by atoms with van der Waals surface area (Å²) in [6.07, 6.45) is 24.7. The highest BCUT2D eigenvalue weighted by Gasteiger charge is 2.44. The molecule has 1 aliphatic rings. The van der Waals surface area contributed by atoms with Gasteiger partial charge in [0.05, 0.1) is 13.2 Å². The van der Waals surface area contributed by atoms with Crippen molar-refractivity contribution in [3.63, 3.8) is 0 Å². The third kappa shape index (κ3) is 23.6. The molecule has 0 saturated carbocycles. The highest BCUT2D eigenvalue weighted by atomic mass is 16.7. The Morgan fingerprint density at radius 1 is 0.600 bits per heavy atom. The van der Waals surface area contributed by atoms with Gasteiger partial charge in [-0.3, -0.25) is 9.59 Å². The van der Waals surface area contributed by atoms with E-state index in [0.29, 0.717) is 12.8 Å². The summed E-state index contributed by atoms with van der Waals surface area (Å²) in [7, 11) is 0. The molecule has 4 N–H and O–H groups in total. The van der Waals surface area contributed by atoms with Crippen molar-refractivity contribution in [3.05, 3.63) is 24.3 Å². The molecule has 1 saturated heterocycles. The van der Waals surface area contributed by atoms with E-state index in [4.69, 9.17) is 18.9 Å². The van der Waals surface area contributed by atoms with E-state index in [-0.39, 0.29) is 32.0 Å². The number of aliphatic hydroxyl groups is 4. The number of allylic oxidation sites excluding steroid dienone is 4. The van der Waals surface area contributed by atoms with Gasteiger partial charge in [0.1, 0.15) is 31.0 Å². The summed E-state index contributed by atoms with van der Waals surface area (Å²) in [6, 6.07) is 0. The average Bonchev–Trinajstić information content (AvgIpc) is 3.11. The molecule has 2 unspecified atom stereocenters. The van der Waals surface area contributed by atoms with Gasteiger partial charge < -0.3 is 39.4 Å². The van der Waals surface area contributed by atoms with Crippen molar-refractivity contribution in [2.24, 2.45) is 0 Å². The first-order chi connectivity index (χ1) is 24.3. The second-order valence-corrected chi connectivity index (χ2v) is 13.7. The van der Waals surface area contributed by atoms with Crippen LogP contribution in [0.3, 0.4) is 0 Å². The third-order valence-electron chi connectivity index (χ3n) is 9.06. The molecule has 292 valence electrons. The molecule has 0 aromatic rings. The molecule has 1 heterocycles. The number of unbranched alkanes of at least 4 members (excludes halogenated alkanes) is 17. The van der Waals surface area contributed by atoms with Crippen LogP contribution in [0.15, 0.2) is 24.3 Å². The summed E-state index contributed by atoms with van der Waals surface area (Å²) in [5.41, 5.74) is 0. The predicted octanol–water partition coefficient (Wildman–Crippen LogP) is 7.38. The van der Waals surface area contributed by atoms with Gasteiger partial charge in [-0.25, -0.2) is 0 Å². The molecule has 0 aromatic heterocycles. The first-order valence-corrected chi connectivity index (χ1v) is 19.9. The van der Waals surface area contributed by atoms with Gasteiger partial charge in [-0.1, -0.05) is 115 Å². The quantitative estimate of drug-likeness (QED) is 0.0316. The van der Waals surface area contributed by atoms with Crippen LogP contribution in [0, 0.1) is 0 Å². The Balaban J connectivity index is 2.39. The fraction of sp³-hybridized carbons (Fsp3) is 0.850. The number of carbonyl (C=O) groups excluding carboxylic acids is 2. The van der Waals surface area contributed by atoms with Crippen LogP contribution in [-0.2, 0) is 28.5 Å². The maximum atomic E-state index is 12.7. The van der Waals surface area contributed by atoms with Crippen LogP contribution < -0.4 is 0 Å². The van der Waals surface area contributed by atoms with Crippen molar-refractivity contribution >= 4 is 11.9 Å². The molecule has 1 aliphatic heterocycles. The SMILES string of the molecule is CCCC/C=C/CCCCCCCC(=O)O[C@@H](COC(=O)CCCCCCC/C=C/CCCCCCC)CO[C@H]1O[C@@H](CO)[C@@H](O)C(O)C1O. The van der Waals surface area contributed by atoms with Gasteiger partial charge in [-0.05, 0) is 57.8 Å². The molecule has 0 radical (unpaired) electrons. The number of esters is 2. The molecule has 50 heavy (non-hydrogen) atoms. The van der Waals surface area contributed by atoms with Crippen molar-refractivity contribution in [2.45, 2.75) is 198 Å². The fourth-order valence-corrected chi connectivity index (χ4v) is 5.81. The standard InChI is InChI=1S/C40H72O10/c1-3-5-7-9-11-13-15-16-17-19-20-22-24-26-28-35(42)47-31-33(32-48-40-39(46)38(45)37(44)34(30-41)50-40)49-36(43)29-27-25-23-21-18-14-12-10-8-6-4-2/h10,12,15-16,33-34,37-41,44-46H,3-9,11,13-14,17-32H2,1-2H3/b12-10+,16-15+/t33-,34-,37+,38?,39?,40-/m0/s1. The zero-order chi connectivity index (χ0) is 36.7. The van der Waals surface area contributed by atoms with Crippen molar-refractivity contribution < 1.29 is 49.0 Å². The van der Waals surface area contributed by atoms with E-state index in [1.165, 1.54) is 51.4 Å². The number of carbonyl (C=O) groups is 2. The van der Waals surface area contributed by atoms with E-state index >= 15 is 0 Å². The lowest BCUT2D eigenvalue weighted by molar-refractivity contribution is -0.305. The molecule has 10 heteroatoms. The second kappa shape index (κ2) is 31.9. The number of ether oxygens (including phenoxy) is 4. The molecule has 0 amide bonds. The summed E-state index contributed by atoms with van der Waals surface area (Å²) in [6.45, 7) is 3.34. The van der Waals surface area contributed by atoms with Gasteiger partial charge in [-0.2, -0.15) is 0 Å². The van der Waals surface area contributed by atoms with Crippen molar-refractivity contribution in [3.8, 4) is 0 Å². The Morgan fingerprint density at radius 2 is 1.08 bits per heavy atom. The summed E-state index contributed by atoms with van der Waals surface area (Å²) in [4.78, 5) is 25.2. The Hall–Kier alpha value is -1.82. The van der Waals surface area contributed by atoms with E-state index in [0.717, 1.165) is 70.6 Å². The van der Waals surface area contributed by atoms with Gasteiger partial charge in [0.15, 0.2) is 12.4 Å². The fourth-order valence-electron chi connectivity index (χ4n) is 5.81. The topological polar surface area (TPSA) is 152 Å². The summed E-state index contributed by atoms with van der Waals surface area (Å²) in [5, 5.41) is 39.9. The lowest BCUT2D eigenvalue weighted by Crippen LogP contribution is -2.59. The molecule has 1 fully saturated rings. The van der Waals surface area contributed by atoms with E-state index < -0.39 is 49.4 Å². The van der Waals surface area contributed by atoms with Crippen molar-refractivity contribution in [2.75, 3.05) is 19.8 Å². The number of rotatable bonds is 32. The van der Waals surface area contributed by atoms with Crippen LogP contribution >= 0.6 is 0 Å². The van der Waals surface area contributed by atoms with E-state index in [1.54, 1.807) is 0 Å². The number of aliphatic hydroxyl groups excluding tert-OH is 4. The molecule has 0 spiro atoms. The lowest BCUT2D eigenvalue weighted by atomic mass is 9.99. The first-order valence-electron chi connectivity index (χ1n) is 19.9. The Bertz CT molecular complexity index is 876. The smallest absolute Gasteiger partial charge is 0.306 e. The molecule has 0 aliphatic carbocycles. The highest BCUT2D eigenvalue weighted by Crippen LogP contribution is 2.22. The van der Waals surface area contributed by atoms with E-state index in [1.807, 2.05) is 0 Å². The third-order valence-corrected chi connectivity index (χ3v) is 9.06. The molecule has 0 bridgehead atoms. The average molecular weight is 713 g/mol. The Labute approximate surface area is 303 Å². The zero-order valence-corrected chi connectivity index (χ0v) is 31.4. The van der Waals surface area contributed by atoms with Crippen LogP contribution in [0.5, 0.6) is 0 Å². The minimum atomic E-state index is -1.59. The lowest BCUT2D eigenvalue weighted by Gasteiger charge is -2.39. The van der Waals surface area contributed by atoms with Crippen LogP contribution in [0.4, 0.5) is 0 Å². The highest BCUT2D eigenvalue weighted by molar-refractivity contribution is 5.70. The predicted molar refractivity (Wildman–Crippen MR) is 196 cm³/mol.